The summed E-state index contributed by atoms with van der Waals surface area (Å²) in [5.74, 6) is 5.26. The van der Waals surface area contributed by atoms with Gasteiger partial charge in [-0.2, -0.15) is 0 Å². The molecule has 0 aliphatic carbocycles. The highest BCUT2D eigenvalue weighted by atomic mass is 16.5. The van der Waals surface area contributed by atoms with E-state index in [0.29, 0.717) is 6.42 Å². The maximum Gasteiger partial charge on any atom is 0.330 e. The van der Waals surface area contributed by atoms with Crippen LogP contribution < -0.4 is 16.6 Å². The molecule has 160 valence electrons. The number of H-pyrrole nitrogens is 1. The molecule has 29 heavy (non-hydrogen) atoms. The van der Waals surface area contributed by atoms with Crippen LogP contribution in [0.4, 0.5) is 0 Å². The average molecular weight is 407 g/mol. The van der Waals surface area contributed by atoms with Gasteiger partial charge in [-0.25, -0.2) is 4.79 Å². The maximum absolute atomic E-state index is 12.0. The first kappa shape index (κ1) is 22.9. The number of carbonyl (C=O) groups excluding carboxylic acids is 1. The summed E-state index contributed by atoms with van der Waals surface area (Å²) in [6, 6.07) is 0. The van der Waals surface area contributed by atoms with Crippen molar-refractivity contribution in [1.29, 1.82) is 0 Å². The van der Waals surface area contributed by atoms with Crippen LogP contribution in [0.3, 0.4) is 0 Å². The molecule has 1 unspecified atom stereocenters. The second kappa shape index (κ2) is 11.6. The van der Waals surface area contributed by atoms with Crippen molar-refractivity contribution in [1.82, 2.24) is 14.9 Å². The molecule has 0 saturated carbocycles. The molecule has 9 nitrogen and oxygen atoms in total. The predicted molar refractivity (Wildman–Crippen MR) is 106 cm³/mol. The van der Waals surface area contributed by atoms with Gasteiger partial charge in [-0.05, 0) is 6.42 Å². The third kappa shape index (κ3) is 6.85. The number of rotatable bonds is 9. The molecule has 0 radical (unpaired) electrons. The van der Waals surface area contributed by atoms with Crippen LogP contribution in [0.5, 0.6) is 0 Å². The standard InChI is InChI=1S/C20H29N3O6/c1-2-3-4-5-6-9-17(26)21-10-7-8-14-12-23(20(28)22-19(14)27)18-11-15(25)16(13-24)29-18/h12,15-16,18,24-25H,2-6,9-11,13H2,1H3,(H,21,26)(H,22,27,28)/t15-,16+,18?/m0/s1. The molecule has 1 aromatic rings. The molecule has 2 heterocycles. The number of aliphatic hydroxyl groups is 2. The van der Waals surface area contributed by atoms with E-state index < -0.39 is 29.7 Å². The van der Waals surface area contributed by atoms with E-state index in [1.165, 1.54) is 12.6 Å². The molecule has 1 aliphatic rings. The van der Waals surface area contributed by atoms with Crippen LogP contribution in [-0.2, 0) is 9.53 Å². The van der Waals surface area contributed by atoms with Crippen molar-refractivity contribution >= 4 is 5.91 Å². The summed E-state index contributed by atoms with van der Waals surface area (Å²) in [4.78, 5) is 37.9. The van der Waals surface area contributed by atoms with E-state index in [1.807, 2.05) is 0 Å². The van der Waals surface area contributed by atoms with Crippen molar-refractivity contribution in [3.8, 4) is 11.8 Å². The van der Waals surface area contributed by atoms with Gasteiger partial charge < -0.3 is 20.3 Å². The zero-order valence-electron chi connectivity index (χ0n) is 16.6. The number of nitrogens with zero attached hydrogens (tertiary/aromatic N) is 1. The lowest BCUT2D eigenvalue weighted by atomic mass is 10.1. The van der Waals surface area contributed by atoms with Crippen LogP contribution in [0.15, 0.2) is 15.8 Å². The normalized spacial score (nSPS) is 20.9. The fourth-order valence-electron chi connectivity index (χ4n) is 3.10. The van der Waals surface area contributed by atoms with E-state index >= 15 is 0 Å². The first-order valence-electron chi connectivity index (χ1n) is 10.0. The summed E-state index contributed by atoms with van der Waals surface area (Å²) < 4.78 is 6.58. The van der Waals surface area contributed by atoms with E-state index in [4.69, 9.17) is 9.84 Å². The zero-order chi connectivity index (χ0) is 21.2. The summed E-state index contributed by atoms with van der Waals surface area (Å²) >= 11 is 0. The number of amides is 1. The van der Waals surface area contributed by atoms with Crippen molar-refractivity contribution in [3.63, 3.8) is 0 Å². The topological polar surface area (TPSA) is 134 Å². The second-order valence-electron chi connectivity index (χ2n) is 7.07. The van der Waals surface area contributed by atoms with E-state index in [1.54, 1.807) is 0 Å². The van der Waals surface area contributed by atoms with Crippen molar-refractivity contribution in [2.24, 2.45) is 0 Å². The zero-order valence-corrected chi connectivity index (χ0v) is 16.6. The molecule has 0 spiro atoms. The molecule has 1 saturated heterocycles. The first-order chi connectivity index (χ1) is 14.0. The highest BCUT2D eigenvalue weighted by Crippen LogP contribution is 2.27. The number of hydrogen-bond acceptors (Lipinski definition) is 6. The number of aliphatic hydroxyl groups excluding tert-OH is 2. The number of hydrogen-bond donors (Lipinski definition) is 4. The molecule has 1 aromatic heterocycles. The number of aromatic amines is 1. The van der Waals surface area contributed by atoms with Gasteiger partial charge in [-0.1, -0.05) is 44.4 Å². The Morgan fingerprint density at radius 1 is 1.34 bits per heavy atom. The van der Waals surface area contributed by atoms with Gasteiger partial charge in [-0.3, -0.25) is 19.1 Å². The quantitative estimate of drug-likeness (QED) is 0.336. The van der Waals surface area contributed by atoms with E-state index in [2.05, 4.69) is 29.1 Å². The molecule has 2 rings (SSSR count). The average Bonchev–Trinajstić information content (AvgIpc) is 3.06. The number of aromatic nitrogens is 2. The molecule has 1 amide bonds. The molecule has 1 aliphatic heterocycles. The fourth-order valence-corrected chi connectivity index (χ4v) is 3.10. The highest BCUT2D eigenvalue weighted by Gasteiger charge is 2.35. The van der Waals surface area contributed by atoms with E-state index in [0.717, 1.165) is 30.3 Å². The summed E-state index contributed by atoms with van der Waals surface area (Å²) in [5, 5.41) is 21.7. The lowest BCUT2D eigenvalue weighted by Crippen LogP contribution is -2.33. The van der Waals surface area contributed by atoms with Crippen LogP contribution in [-0.4, -0.2) is 51.0 Å². The predicted octanol–water partition coefficient (Wildman–Crippen LogP) is 0.00550. The third-order valence-electron chi connectivity index (χ3n) is 4.77. The lowest BCUT2D eigenvalue weighted by molar-refractivity contribution is -0.120. The summed E-state index contributed by atoms with van der Waals surface area (Å²) in [5.41, 5.74) is -1.28. The highest BCUT2D eigenvalue weighted by molar-refractivity contribution is 5.76. The molecular weight excluding hydrogens is 378 g/mol. The minimum atomic E-state index is -0.907. The van der Waals surface area contributed by atoms with Gasteiger partial charge in [0, 0.05) is 19.0 Å². The van der Waals surface area contributed by atoms with Gasteiger partial charge in [0.1, 0.15) is 17.9 Å². The van der Waals surface area contributed by atoms with Crippen molar-refractivity contribution in [2.45, 2.75) is 70.3 Å². The monoisotopic (exact) mass is 407 g/mol. The smallest absolute Gasteiger partial charge is 0.330 e. The summed E-state index contributed by atoms with van der Waals surface area (Å²) in [6.45, 7) is 1.86. The van der Waals surface area contributed by atoms with Gasteiger partial charge in [0.15, 0.2) is 0 Å². The summed E-state index contributed by atoms with van der Waals surface area (Å²) in [7, 11) is 0. The Morgan fingerprint density at radius 3 is 2.79 bits per heavy atom. The molecule has 9 heteroatoms. The molecule has 0 bridgehead atoms. The van der Waals surface area contributed by atoms with Gasteiger partial charge in [0.05, 0.1) is 19.3 Å². The number of ether oxygens (including phenoxy) is 1. The van der Waals surface area contributed by atoms with Crippen LogP contribution in [0.2, 0.25) is 0 Å². The Morgan fingerprint density at radius 2 is 2.10 bits per heavy atom. The van der Waals surface area contributed by atoms with Gasteiger partial charge >= 0.3 is 5.69 Å². The largest absolute Gasteiger partial charge is 0.394 e. The van der Waals surface area contributed by atoms with Crippen molar-refractivity contribution < 1.29 is 19.7 Å². The molecule has 4 N–H and O–H groups in total. The number of nitrogens with one attached hydrogen (secondary N) is 2. The Kier molecular flexibility index (Phi) is 9.12. The van der Waals surface area contributed by atoms with Gasteiger partial charge in [-0.15, -0.1) is 0 Å². The third-order valence-corrected chi connectivity index (χ3v) is 4.77. The first-order valence-corrected chi connectivity index (χ1v) is 10.0. The molecule has 0 aromatic carbocycles. The van der Waals surface area contributed by atoms with E-state index in [9.17, 15) is 19.5 Å². The Balaban J connectivity index is 1.92. The summed E-state index contributed by atoms with van der Waals surface area (Å²) in [6.07, 6.45) is 4.65. The van der Waals surface area contributed by atoms with Crippen molar-refractivity contribution in [2.75, 3.05) is 13.2 Å². The van der Waals surface area contributed by atoms with Crippen molar-refractivity contribution in [3.05, 3.63) is 32.6 Å². The van der Waals surface area contributed by atoms with E-state index in [-0.39, 0.29) is 31.0 Å². The molecular formula is C20H29N3O6. The minimum Gasteiger partial charge on any atom is -0.394 e. The molecule has 1 fully saturated rings. The van der Waals surface area contributed by atoms with Crippen LogP contribution in [0, 0.1) is 11.8 Å². The van der Waals surface area contributed by atoms with Gasteiger partial charge in [0.2, 0.25) is 5.91 Å². The number of carbonyl (C=O) groups is 1. The Bertz CT molecular complexity index is 850. The lowest BCUT2D eigenvalue weighted by Gasteiger charge is -2.14. The van der Waals surface area contributed by atoms with Crippen LogP contribution >= 0.6 is 0 Å². The van der Waals surface area contributed by atoms with Gasteiger partial charge in [0.25, 0.3) is 5.56 Å². The molecule has 3 atom stereocenters. The number of unbranched alkanes of at least 4 members (excludes halogenated alkanes) is 4. The second-order valence-corrected chi connectivity index (χ2v) is 7.07. The fraction of sp³-hybridized carbons (Fsp3) is 0.650. The van der Waals surface area contributed by atoms with Crippen LogP contribution in [0.25, 0.3) is 0 Å². The SMILES string of the molecule is CCCCCCCC(=O)NCC#Cc1cn(C2C[C@H](O)[C@@H](CO)O2)c(=O)[nH]c1=O. The maximum atomic E-state index is 12.0. The Hall–Kier alpha value is -2.41. The minimum absolute atomic E-state index is 0.0453. The Labute approximate surface area is 169 Å². The van der Waals surface area contributed by atoms with Crippen LogP contribution in [0.1, 0.15) is 63.7 Å².